The van der Waals surface area contributed by atoms with Crippen LogP contribution in [0.3, 0.4) is 0 Å². The summed E-state index contributed by atoms with van der Waals surface area (Å²) in [6.45, 7) is 7.11. The largest absolute Gasteiger partial charge is 0.355 e. The molecule has 1 amide bonds. The first-order chi connectivity index (χ1) is 7.54. The predicted molar refractivity (Wildman–Crippen MR) is 64.9 cm³/mol. The maximum absolute atomic E-state index is 11.4. The zero-order valence-corrected chi connectivity index (χ0v) is 10.2. The monoisotopic (exact) mass is 223 g/mol. The summed E-state index contributed by atoms with van der Waals surface area (Å²) in [6.07, 6.45) is 3.84. The molecule has 0 aliphatic rings. The first-order valence-electron chi connectivity index (χ1n) is 5.72. The van der Waals surface area contributed by atoms with Gasteiger partial charge in [0.2, 0.25) is 5.91 Å². The number of rotatable bonds is 5. The standard InChI is InChI=1S/C12H21N3O/c1-4-14-11(16)8-15-6-5-10(7-15)12(13)9(2)3/h5-7,9,12H,4,8,13H2,1-3H3,(H,14,16). The van der Waals surface area contributed by atoms with E-state index in [0.29, 0.717) is 19.0 Å². The van der Waals surface area contributed by atoms with Crippen LogP contribution in [0.1, 0.15) is 32.4 Å². The van der Waals surface area contributed by atoms with Crippen molar-refractivity contribution in [3.8, 4) is 0 Å². The van der Waals surface area contributed by atoms with Crippen molar-refractivity contribution in [1.82, 2.24) is 9.88 Å². The van der Waals surface area contributed by atoms with Crippen LogP contribution in [0.5, 0.6) is 0 Å². The number of likely N-dealkylation sites (N-methyl/N-ethyl adjacent to an activating group) is 1. The molecule has 0 aromatic carbocycles. The summed E-state index contributed by atoms with van der Waals surface area (Å²) in [5.41, 5.74) is 7.11. The van der Waals surface area contributed by atoms with Crippen LogP contribution in [-0.4, -0.2) is 17.0 Å². The quantitative estimate of drug-likeness (QED) is 0.790. The SMILES string of the molecule is CCNC(=O)Cn1ccc(C(N)C(C)C)c1. The smallest absolute Gasteiger partial charge is 0.239 e. The van der Waals surface area contributed by atoms with Crippen molar-refractivity contribution in [3.63, 3.8) is 0 Å². The molecule has 4 nitrogen and oxygen atoms in total. The van der Waals surface area contributed by atoms with E-state index in [-0.39, 0.29) is 11.9 Å². The van der Waals surface area contributed by atoms with E-state index >= 15 is 0 Å². The Balaban J connectivity index is 2.61. The van der Waals surface area contributed by atoms with Crippen LogP contribution in [-0.2, 0) is 11.3 Å². The van der Waals surface area contributed by atoms with Gasteiger partial charge in [-0.25, -0.2) is 0 Å². The van der Waals surface area contributed by atoms with Gasteiger partial charge < -0.3 is 15.6 Å². The van der Waals surface area contributed by atoms with Gasteiger partial charge in [-0.05, 0) is 24.5 Å². The van der Waals surface area contributed by atoms with Crippen molar-refractivity contribution in [2.45, 2.75) is 33.4 Å². The van der Waals surface area contributed by atoms with Gasteiger partial charge in [-0.3, -0.25) is 4.79 Å². The third-order valence-corrected chi connectivity index (χ3v) is 2.58. The van der Waals surface area contributed by atoms with Crippen molar-refractivity contribution >= 4 is 5.91 Å². The Hall–Kier alpha value is -1.29. The lowest BCUT2D eigenvalue weighted by atomic mass is 10.00. The molecule has 4 heteroatoms. The number of hydrogen-bond acceptors (Lipinski definition) is 2. The average molecular weight is 223 g/mol. The average Bonchev–Trinajstić information content (AvgIpc) is 2.65. The van der Waals surface area contributed by atoms with E-state index in [1.54, 1.807) is 0 Å². The highest BCUT2D eigenvalue weighted by Crippen LogP contribution is 2.18. The lowest BCUT2D eigenvalue weighted by molar-refractivity contribution is -0.121. The molecule has 0 aliphatic heterocycles. The van der Waals surface area contributed by atoms with Gasteiger partial charge in [-0.1, -0.05) is 13.8 Å². The molecule has 0 radical (unpaired) electrons. The molecule has 16 heavy (non-hydrogen) atoms. The third-order valence-electron chi connectivity index (χ3n) is 2.58. The fraction of sp³-hybridized carbons (Fsp3) is 0.583. The van der Waals surface area contributed by atoms with Crippen molar-refractivity contribution in [1.29, 1.82) is 0 Å². The van der Waals surface area contributed by atoms with E-state index in [4.69, 9.17) is 5.73 Å². The van der Waals surface area contributed by atoms with Gasteiger partial charge in [-0.15, -0.1) is 0 Å². The molecular weight excluding hydrogens is 202 g/mol. The molecule has 0 bridgehead atoms. The molecule has 1 rings (SSSR count). The van der Waals surface area contributed by atoms with E-state index < -0.39 is 0 Å². The summed E-state index contributed by atoms with van der Waals surface area (Å²) in [4.78, 5) is 11.4. The molecule has 0 saturated heterocycles. The number of aromatic nitrogens is 1. The normalized spacial score (nSPS) is 12.8. The van der Waals surface area contributed by atoms with Crippen LogP contribution in [0.4, 0.5) is 0 Å². The number of amides is 1. The van der Waals surface area contributed by atoms with Crippen molar-refractivity contribution in [3.05, 3.63) is 24.0 Å². The van der Waals surface area contributed by atoms with E-state index in [9.17, 15) is 4.79 Å². The summed E-state index contributed by atoms with van der Waals surface area (Å²) in [6, 6.07) is 2.01. The van der Waals surface area contributed by atoms with Crippen molar-refractivity contribution in [2.24, 2.45) is 11.7 Å². The van der Waals surface area contributed by atoms with E-state index in [1.807, 2.05) is 30.0 Å². The molecule has 1 heterocycles. The first kappa shape index (κ1) is 12.8. The lowest BCUT2D eigenvalue weighted by Gasteiger charge is -2.13. The fourth-order valence-electron chi connectivity index (χ4n) is 1.56. The van der Waals surface area contributed by atoms with Crippen LogP contribution in [0.25, 0.3) is 0 Å². The van der Waals surface area contributed by atoms with Crippen LogP contribution in [0, 0.1) is 5.92 Å². The summed E-state index contributed by atoms with van der Waals surface area (Å²) >= 11 is 0. The number of carbonyl (C=O) groups excluding carboxylic acids is 1. The fourth-order valence-corrected chi connectivity index (χ4v) is 1.56. The van der Waals surface area contributed by atoms with E-state index in [2.05, 4.69) is 19.2 Å². The highest BCUT2D eigenvalue weighted by atomic mass is 16.1. The molecule has 90 valence electrons. The molecule has 1 unspecified atom stereocenters. The lowest BCUT2D eigenvalue weighted by Crippen LogP contribution is -2.26. The van der Waals surface area contributed by atoms with Crippen molar-refractivity contribution < 1.29 is 4.79 Å². The second-order valence-corrected chi connectivity index (χ2v) is 4.34. The number of nitrogens with zero attached hydrogens (tertiary/aromatic N) is 1. The van der Waals surface area contributed by atoms with Gasteiger partial charge in [0.1, 0.15) is 6.54 Å². The number of nitrogens with two attached hydrogens (primary N) is 1. The van der Waals surface area contributed by atoms with Gasteiger partial charge in [0.15, 0.2) is 0 Å². The van der Waals surface area contributed by atoms with E-state index in [0.717, 1.165) is 5.56 Å². The Bertz CT molecular complexity index is 344. The second-order valence-electron chi connectivity index (χ2n) is 4.34. The molecule has 0 spiro atoms. The highest BCUT2D eigenvalue weighted by molar-refractivity contribution is 5.75. The number of nitrogens with one attached hydrogen (secondary N) is 1. The maximum Gasteiger partial charge on any atom is 0.239 e. The zero-order chi connectivity index (χ0) is 12.1. The Labute approximate surface area is 96.8 Å². The Kier molecular flexibility index (Phi) is 4.55. The van der Waals surface area contributed by atoms with Crippen molar-refractivity contribution in [2.75, 3.05) is 6.54 Å². The van der Waals surface area contributed by atoms with Gasteiger partial charge in [0.05, 0.1) is 0 Å². The van der Waals surface area contributed by atoms with Crippen LogP contribution in [0.15, 0.2) is 18.5 Å². The number of hydrogen-bond donors (Lipinski definition) is 2. The molecular formula is C12H21N3O. The molecule has 1 atom stereocenters. The summed E-state index contributed by atoms with van der Waals surface area (Å²) < 4.78 is 1.86. The van der Waals surface area contributed by atoms with Gasteiger partial charge >= 0.3 is 0 Å². The summed E-state index contributed by atoms with van der Waals surface area (Å²) in [5, 5.41) is 2.76. The minimum absolute atomic E-state index is 0.0303. The summed E-state index contributed by atoms with van der Waals surface area (Å²) in [7, 11) is 0. The molecule has 1 aromatic heterocycles. The maximum atomic E-state index is 11.4. The van der Waals surface area contributed by atoms with Crippen LogP contribution in [0.2, 0.25) is 0 Å². The second kappa shape index (κ2) is 5.70. The Morgan fingerprint density at radius 2 is 2.25 bits per heavy atom. The molecule has 0 fully saturated rings. The van der Waals surface area contributed by atoms with Crippen LogP contribution >= 0.6 is 0 Å². The summed E-state index contributed by atoms with van der Waals surface area (Å²) in [5.74, 6) is 0.433. The minimum atomic E-state index is 0.0303. The Morgan fingerprint density at radius 3 is 2.81 bits per heavy atom. The predicted octanol–water partition coefficient (Wildman–Crippen LogP) is 1.28. The number of carbonyl (C=O) groups is 1. The molecule has 1 aromatic rings. The topological polar surface area (TPSA) is 60.0 Å². The van der Waals surface area contributed by atoms with Gasteiger partial charge in [-0.2, -0.15) is 0 Å². The van der Waals surface area contributed by atoms with E-state index in [1.165, 1.54) is 0 Å². The molecule has 0 aliphatic carbocycles. The van der Waals surface area contributed by atoms with Gasteiger partial charge in [0.25, 0.3) is 0 Å². The third kappa shape index (κ3) is 3.38. The first-order valence-corrected chi connectivity index (χ1v) is 5.72. The highest BCUT2D eigenvalue weighted by Gasteiger charge is 2.12. The molecule has 3 N–H and O–H groups in total. The minimum Gasteiger partial charge on any atom is -0.355 e. The Morgan fingerprint density at radius 1 is 1.56 bits per heavy atom. The zero-order valence-electron chi connectivity index (χ0n) is 10.2. The molecule has 0 saturated carbocycles. The van der Waals surface area contributed by atoms with Crippen LogP contribution < -0.4 is 11.1 Å². The van der Waals surface area contributed by atoms with Gasteiger partial charge in [0, 0.05) is 25.0 Å².